The van der Waals surface area contributed by atoms with Crippen molar-refractivity contribution in [2.75, 3.05) is 0 Å². The number of pyridine rings is 1. The van der Waals surface area contributed by atoms with E-state index in [1.165, 1.54) is 12.3 Å². The Bertz CT molecular complexity index is 1280. The fourth-order valence-corrected chi connectivity index (χ4v) is 3.66. The predicted octanol–water partition coefficient (Wildman–Crippen LogP) is 6.26. The summed E-state index contributed by atoms with van der Waals surface area (Å²) in [7, 11) is 0. The quantitative estimate of drug-likeness (QED) is 0.432. The molecule has 6 heteroatoms. The molecule has 0 fully saturated rings. The SMILES string of the molecule is FC(F)(F)c1ccc(/C(=C2/C=Nc3ccccc32)c2c[nH]c3ccccc23)cn1. The van der Waals surface area contributed by atoms with E-state index in [0.29, 0.717) is 5.56 Å². The predicted molar refractivity (Wildman–Crippen MR) is 108 cm³/mol. The van der Waals surface area contributed by atoms with Crippen LogP contribution >= 0.6 is 0 Å². The maximum absolute atomic E-state index is 13.0. The number of hydrogen-bond acceptors (Lipinski definition) is 2. The second-order valence-electron chi connectivity index (χ2n) is 6.74. The van der Waals surface area contributed by atoms with Crippen molar-refractivity contribution in [2.24, 2.45) is 4.99 Å². The largest absolute Gasteiger partial charge is 0.433 e. The lowest BCUT2D eigenvalue weighted by atomic mass is 9.91. The third-order valence-electron chi connectivity index (χ3n) is 5.00. The number of para-hydroxylation sites is 2. The molecule has 142 valence electrons. The van der Waals surface area contributed by atoms with Crippen LogP contribution in [0.3, 0.4) is 0 Å². The monoisotopic (exact) mass is 389 g/mol. The summed E-state index contributed by atoms with van der Waals surface area (Å²) in [6.45, 7) is 0. The van der Waals surface area contributed by atoms with Gasteiger partial charge in [-0.05, 0) is 18.2 Å². The van der Waals surface area contributed by atoms with E-state index in [9.17, 15) is 13.2 Å². The van der Waals surface area contributed by atoms with Crippen molar-refractivity contribution in [3.8, 4) is 0 Å². The van der Waals surface area contributed by atoms with Crippen LogP contribution in [0.4, 0.5) is 18.9 Å². The molecule has 0 atom stereocenters. The molecule has 4 aromatic rings. The molecule has 5 rings (SSSR count). The number of H-pyrrole nitrogens is 1. The molecule has 3 heterocycles. The van der Waals surface area contributed by atoms with Gasteiger partial charge in [0.25, 0.3) is 0 Å². The third kappa shape index (κ3) is 2.93. The normalized spacial score (nSPS) is 15.0. The molecule has 0 saturated carbocycles. The van der Waals surface area contributed by atoms with Crippen LogP contribution in [0.5, 0.6) is 0 Å². The van der Waals surface area contributed by atoms with Crippen LogP contribution in [0.25, 0.3) is 22.0 Å². The minimum Gasteiger partial charge on any atom is -0.361 e. The number of allylic oxidation sites excluding steroid dienone is 1. The highest BCUT2D eigenvalue weighted by atomic mass is 19.4. The summed E-state index contributed by atoms with van der Waals surface area (Å²) in [6, 6.07) is 18.0. The van der Waals surface area contributed by atoms with E-state index in [2.05, 4.69) is 15.0 Å². The zero-order valence-corrected chi connectivity index (χ0v) is 15.0. The third-order valence-corrected chi connectivity index (χ3v) is 5.00. The molecule has 0 spiro atoms. The Balaban J connectivity index is 1.78. The van der Waals surface area contributed by atoms with Gasteiger partial charge in [-0.3, -0.25) is 9.98 Å². The van der Waals surface area contributed by atoms with E-state index >= 15 is 0 Å². The summed E-state index contributed by atoms with van der Waals surface area (Å²) in [4.78, 5) is 11.4. The number of nitrogens with one attached hydrogen (secondary N) is 1. The highest BCUT2D eigenvalue weighted by Crippen LogP contribution is 2.41. The Morgan fingerprint density at radius 3 is 2.48 bits per heavy atom. The minimum absolute atomic E-state index is 0.598. The van der Waals surface area contributed by atoms with E-state index in [1.807, 2.05) is 54.7 Å². The summed E-state index contributed by atoms with van der Waals surface area (Å²) in [6.07, 6.45) is 0.439. The first-order chi connectivity index (χ1) is 14.0. The Morgan fingerprint density at radius 2 is 1.69 bits per heavy atom. The van der Waals surface area contributed by atoms with E-state index < -0.39 is 11.9 Å². The summed E-state index contributed by atoms with van der Waals surface area (Å²) >= 11 is 0. The topological polar surface area (TPSA) is 41.0 Å². The minimum atomic E-state index is -4.48. The Morgan fingerprint density at radius 1 is 0.897 bits per heavy atom. The fraction of sp³-hybridized carbons (Fsp3) is 0.0435. The number of halogens is 3. The highest BCUT2D eigenvalue weighted by Gasteiger charge is 2.32. The number of aromatic amines is 1. The van der Waals surface area contributed by atoms with Crippen molar-refractivity contribution in [1.82, 2.24) is 9.97 Å². The number of benzene rings is 2. The molecule has 0 aliphatic carbocycles. The van der Waals surface area contributed by atoms with Crippen LogP contribution in [0.2, 0.25) is 0 Å². The molecule has 0 bridgehead atoms. The average molecular weight is 389 g/mol. The second kappa shape index (κ2) is 6.44. The molecule has 2 aromatic carbocycles. The molecule has 0 unspecified atom stereocenters. The summed E-state index contributed by atoms with van der Waals surface area (Å²) < 4.78 is 39.0. The molecule has 1 aliphatic heterocycles. The zero-order chi connectivity index (χ0) is 20.0. The van der Waals surface area contributed by atoms with Gasteiger partial charge in [0.15, 0.2) is 0 Å². The van der Waals surface area contributed by atoms with E-state index in [-0.39, 0.29) is 0 Å². The number of fused-ring (bicyclic) bond motifs is 2. The van der Waals surface area contributed by atoms with Gasteiger partial charge in [-0.25, -0.2) is 0 Å². The van der Waals surface area contributed by atoms with Crippen molar-refractivity contribution >= 4 is 34.0 Å². The van der Waals surface area contributed by atoms with Gasteiger partial charge in [-0.2, -0.15) is 13.2 Å². The first kappa shape index (κ1) is 17.4. The number of nitrogens with zero attached hydrogens (tertiary/aromatic N) is 2. The molecule has 0 radical (unpaired) electrons. The van der Waals surface area contributed by atoms with Crippen LogP contribution in [0.15, 0.2) is 78.0 Å². The number of rotatable bonds is 2. The number of aromatic nitrogens is 2. The van der Waals surface area contributed by atoms with E-state index in [4.69, 9.17) is 0 Å². The van der Waals surface area contributed by atoms with Gasteiger partial charge in [0.05, 0.1) is 5.69 Å². The maximum atomic E-state index is 13.0. The standard InChI is InChI=1S/C23H14F3N3/c24-23(25,26)21-10-9-14(11-29-21)22(17-12-27-19-7-3-1-5-15(17)19)18-13-28-20-8-4-2-6-16(18)20/h1-13,27H/b22-18+. The van der Waals surface area contributed by atoms with Gasteiger partial charge in [0.1, 0.15) is 5.69 Å². The second-order valence-corrected chi connectivity index (χ2v) is 6.74. The van der Waals surface area contributed by atoms with E-state index in [0.717, 1.165) is 44.9 Å². The molecule has 2 aromatic heterocycles. The Labute approximate surface area is 164 Å². The number of aliphatic imine (C=N–C) groups is 1. The van der Waals surface area contributed by atoms with Crippen molar-refractivity contribution in [3.05, 3.63) is 95.4 Å². The smallest absolute Gasteiger partial charge is 0.361 e. The lowest BCUT2D eigenvalue weighted by Gasteiger charge is -2.13. The van der Waals surface area contributed by atoms with Gasteiger partial charge >= 0.3 is 6.18 Å². The molecule has 1 aliphatic rings. The van der Waals surface area contributed by atoms with Crippen molar-refractivity contribution < 1.29 is 13.2 Å². The highest BCUT2D eigenvalue weighted by molar-refractivity contribution is 6.27. The lowest BCUT2D eigenvalue weighted by Crippen LogP contribution is -2.07. The summed E-state index contributed by atoms with van der Waals surface area (Å²) in [5.74, 6) is 0. The van der Waals surface area contributed by atoms with Crippen LogP contribution in [-0.2, 0) is 6.18 Å². The van der Waals surface area contributed by atoms with Gasteiger partial charge < -0.3 is 4.98 Å². The van der Waals surface area contributed by atoms with Crippen molar-refractivity contribution in [3.63, 3.8) is 0 Å². The van der Waals surface area contributed by atoms with Crippen LogP contribution in [0, 0.1) is 0 Å². The van der Waals surface area contributed by atoms with Crippen LogP contribution in [0.1, 0.15) is 22.4 Å². The van der Waals surface area contributed by atoms with Gasteiger partial charge in [-0.15, -0.1) is 0 Å². The molecule has 1 N–H and O–H groups in total. The Hall–Kier alpha value is -3.67. The molecule has 3 nitrogen and oxygen atoms in total. The Kier molecular flexibility index (Phi) is 3.87. The number of hydrogen-bond donors (Lipinski definition) is 1. The van der Waals surface area contributed by atoms with Gasteiger partial charge in [-0.1, -0.05) is 42.5 Å². The molecular formula is C23H14F3N3. The molecule has 0 amide bonds. The molecule has 29 heavy (non-hydrogen) atoms. The summed E-state index contributed by atoms with van der Waals surface area (Å²) in [5, 5.41) is 0.979. The zero-order valence-electron chi connectivity index (χ0n) is 15.0. The van der Waals surface area contributed by atoms with Gasteiger partial charge in [0, 0.05) is 57.3 Å². The van der Waals surface area contributed by atoms with Gasteiger partial charge in [0.2, 0.25) is 0 Å². The van der Waals surface area contributed by atoms with E-state index in [1.54, 1.807) is 6.21 Å². The number of alkyl halides is 3. The van der Waals surface area contributed by atoms with Crippen LogP contribution in [-0.4, -0.2) is 16.2 Å². The molecule has 0 saturated heterocycles. The lowest BCUT2D eigenvalue weighted by molar-refractivity contribution is -0.141. The first-order valence-electron chi connectivity index (χ1n) is 9.00. The maximum Gasteiger partial charge on any atom is 0.433 e. The molecular weight excluding hydrogens is 375 g/mol. The average Bonchev–Trinajstić information content (AvgIpc) is 3.34. The van der Waals surface area contributed by atoms with Crippen molar-refractivity contribution in [2.45, 2.75) is 6.18 Å². The van der Waals surface area contributed by atoms with Crippen LogP contribution < -0.4 is 0 Å². The fourth-order valence-electron chi connectivity index (χ4n) is 3.66. The first-order valence-corrected chi connectivity index (χ1v) is 9.00. The van der Waals surface area contributed by atoms with Crippen molar-refractivity contribution in [1.29, 1.82) is 0 Å². The summed E-state index contributed by atoms with van der Waals surface area (Å²) in [5.41, 5.74) is 4.94.